The van der Waals surface area contributed by atoms with E-state index in [1.54, 1.807) is 24.3 Å². The van der Waals surface area contributed by atoms with Gasteiger partial charge in [-0.2, -0.15) is 0 Å². The van der Waals surface area contributed by atoms with Crippen LogP contribution in [0.25, 0.3) is 22.5 Å². The summed E-state index contributed by atoms with van der Waals surface area (Å²) >= 11 is 0. The van der Waals surface area contributed by atoms with Gasteiger partial charge >= 0.3 is 0 Å². The van der Waals surface area contributed by atoms with Crippen molar-refractivity contribution in [2.75, 3.05) is 13.1 Å². The van der Waals surface area contributed by atoms with Gasteiger partial charge in [0.2, 0.25) is 0 Å². The molecular weight excluding hydrogens is 626 g/mol. The van der Waals surface area contributed by atoms with Crippen LogP contribution in [0.15, 0.2) is 70.6 Å². The van der Waals surface area contributed by atoms with Crippen molar-refractivity contribution in [2.45, 2.75) is 86.1 Å². The molecule has 0 radical (unpaired) electrons. The molecule has 2 aromatic carbocycles. The number of hydrogen-bond acceptors (Lipinski definition) is 9. The molecule has 50 heavy (non-hydrogen) atoms. The highest BCUT2D eigenvalue weighted by molar-refractivity contribution is 5.89. The number of rotatable bonds is 8. The summed E-state index contributed by atoms with van der Waals surface area (Å²) in [5.74, 6) is 3.31. The number of aliphatic imine (C=N–C) groups is 2. The third-order valence-corrected chi connectivity index (χ3v) is 10.0. The summed E-state index contributed by atoms with van der Waals surface area (Å²) < 4.78 is 12.9. The van der Waals surface area contributed by atoms with E-state index in [1.807, 2.05) is 48.8 Å². The largest absolute Gasteiger partial charge is 0.508 e. The number of nitrogens with zero attached hydrogens (tertiary/aromatic N) is 4. The number of nitrogens with one attached hydrogen (secondary N) is 1. The molecule has 4 aliphatic rings. The molecule has 0 bridgehead atoms. The van der Waals surface area contributed by atoms with Gasteiger partial charge in [0.05, 0.1) is 47.0 Å². The number of phenolic OH excluding ortho intramolecular Hbond substituents is 2. The molecule has 1 aliphatic carbocycles. The van der Waals surface area contributed by atoms with Crippen molar-refractivity contribution in [1.29, 1.82) is 0 Å². The Labute approximate surface area is 296 Å². The fraction of sp³-hybridized carbons (Fsp3) is 0.415. The van der Waals surface area contributed by atoms with Crippen molar-refractivity contribution >= 4 is 12.4 Å². The fourth-order valence-corrected chi connectivity index (χ4v) is 6.47. The molecule has 2 fully saturated rings. The topological polar surface area (TPSA) is 121 Å². The maximum absolute atomic E-state index is 9.50. The minimum atomic E-state index is -0.247. The van der Waals surface area contributed by atoms with E-state index in [0.717, 1.165) is 69.6 Å². The van der Waals surface area contributed by atoms with Crippen LogP contribution < -0.4 is 14.8 Å². The van der Waals surface area contributed by atoms with Crippen LogP contribution >= 0.6 is 0 Å². The first kappa shape index (κ1) is 36.5. The fourth-order valence-electron chi connectivity index (χ4n) is 6.47. The molecule has 9 nitrogen and oxygen atoms in total. The predicted molar refractivity (Wildman–Crippen MR) is 202 cm³/mol. The van der Waals surface area contributed by atoms with Crippen LogP contribution in [0.2, 0.25) is 0 Å². The van der Waals surface area contributed by atoms with Crippen molar-refractivity contribution in [2.24, 2.45) is 21.8 Å². The Morgan fingerprint density at radius 3 is 1.42 bits per heavy atom. The number of fused-ring (bicyclic) bond motifs is 2. The van der Waals surface area contributed by atoms with Gasteiger partial charge in [-0.3, -0.25) is 9.98 Å². The van der Waals surface area contributed by atoms with Gasteiger partial charge < -0.3 is 25.0 Å². The molecule has 0 amide bonds. The molecule has 3 N–H and O–H groups in total. The van der Waals surface area contributed by atoms with E-state index in [-0.39, 0.29) is 37.6 Å². The lowest BCUT2D eigenvalue weighted by Crippen LogP contribution is -2.55. The number of pyridine rings is 2. The molecule has 1 saturated heterocycles. The predicted octanol–water partition coefficient (Wildman–Crippen LogP) is 8.38. The molecule has 0 unspecified atom stereocenters. The third-order valence-electron chi connectivity index (χ3n) is 10.0. The summed E-state index contributed by atoms with van der Waals surface area (Å²) in [7, 11) is 0. The van der Waals surface area contributed by atoms with E-state index in [1.165, 1.54) is 19.3 Å². The van der Waals surface area contributed by atoms with Crippen LogP contribution in [0.3, 0.4) is 0 Å². The van der Waals surface area contributed by atoms with Gasteiger partial charge in [0.15, 0.2) is 0 Å². The molecule has 3 aliphatic heterocycles. The first-order chi connectivity index (χ1) is 23.1. The van der Waals surface area contributed by atoms with E-state index >= 15 is 0 Å². The van der Waals surface area contributed by atoms with Gasteiger partial charge in [0.1, 0.15) is 34.2 Å². The first-order valence-electron chi connectivity index (χ1n) is 16.8. The standard InChI is InChI=1S/C20H22N2O2.C19H21N3O2.2CH4/c1-20(2,14-4-3-5-14)24-19-10-17(13-6-8-15(23)9-7-13)22-18-12-21-11-16(18)19;1-19(2,13-8-20-9-13)24-18-7-16(12-3-5-14(23)6-4-12)22-17-11-21-10-15(17)18;;/h6-11,14,23H,3-5,12H2,1-2H3;3-7,10,13,20,23H,8-9,11H2,1-2H3;2*1H4. The lowest BCUT2D eigenvalue weighted by atomic mass is 9.74. The van der Waals surface area contributed by atoms with Gasteiger partial charge in [-0.25, -0.2) is 9.97 Å². The average Bonchev–Trinajstić information content (AvgIpc) is 3.66. The summed E-state index contributed by atoms with van der Waals surface area (Å²) in [5, 5.41) is 22.3. The second-order valence-electron chi connectivity index (χ2n) is 14.2. The number of benzene rings is 2. The Balaban J connectivity index is 0.000000187. The number of aromatic nitrogens is 2. The van der Waals surface area contributed by atoms with Crippen molar-refractivity contribution in [3.63, 3.8) is 0 Å². The summed E-state index contributed by atoms with van der Waals surface area (Å²) in [6.07, 6.45) is 7.49. The van der Waals surface area contributed by atoms with E-state index in [9.17, 15) is 10.2 Å². The average molecular weight is 678 g/mol. The second-order valence-corrected chi connectivity index (χ2v) is 14.2. The highest BCUT2D eigenvalue weighted by atomic mass is 16.5. The first-order valence-corrected chi connectivity index (χ1v) is 16.8. The zero-order valence-electron chi connectivity index (χ0n) is 28.0. The quantitative estimate of drug-likeness (QED) is 0.171. The molecule has 0 spiro atoms. The van der Waals surface area contributed by atoms with Crippen LogP contribution in [0.1, 0.15) is 84.3 Å². The molecule has 264 valence electrons. The van der Waals surface area contributed by atoms with E-state index in [4.69, 9.17) is 19.4 Å². The van der Waals surface area contributed by atoms with Gasteiger partial charge in [-0.1, -0.05) is 21.3 Å². The third kappa shape index (κ3) is 7.53. The lowest BCUT2D eigenvalue weighted by molar-refractivity contribution is 0.00492. The zero-order chi connectivity index (χ0) is 33.5. The molecule has 2 aromatic heterocycles. The number of ether oxygens (including phenoxy) is 2. The summed E-state index contributed by atoms with van der Waals surface area (Å²) in [6, 6.07) is 18.2. The molecule has 5 heterocycles. The Bertz CT molecular complexity index is 1720. The van der Waals surface area contributed by atoms with Crippen LogP contribution in [0.5, 0.6) is 23.0 Å². The Morgan fingerprint density at radius 2 is 1.06 bits per heavy atom. The normalized spacial score (nSPS) is 16.1. The Hall–Kier alpha value is -4.76. The van der Waals surface area contributed by atoms with Crippen molar-refractivity contribution in [3.05, 3.63) is 83.2 Å². The smallest absolute Gasteiger partial charge is 0.132 e. The van der Waals surface area contributed by atoms with Gasteiger partial charge in [-0.05, 0) is 95.0 Å². The number of hydrogen-bond donors (Lipinski definition) is 3. The Kier molecular flexibility index (Phi) is 10.7. The van der Waals surface area contributed by atoms with E-state index in [2.05, 4.69) is 43.0 Å². The van der Waals surface area contributed by atoms with E-state index < -0.39 is 0 Å². The zero-order valence-corrected chi connectivity index (χ0v) is 28.0. The SMILES string of the molecule is C.C.CC(C)(Oc1cc(-c2ccc(O)cc2)nc2c1C=NC2)C1CCC1.CC(C)(Oc1cc(-c2ccc(O)cc2)nc2c1C=NC2)C1CNC1. The van der Waals surface area contributed by atoms with Crippen molar-refractivity contribution in [3.8, 4) is 45.5 Å². The minimum absolute atomic E-state index is 0. The number of aromatic hydroxyl groups is 2. The van der Waals surface area contributed by atoms with Crippen molar-refractivity contribution in [1.82, 2.24) is 15.3 Å². The molecule has 9 heteroatoms. The summed E-state index contributed by atoms with van der Waals surface area (Å²) in [5.41, 5.74) is 7.08. The van der Waals surface area contributed by atoms with Crippen LogP contribution in [0, 0.1) is 11.8 Å². The van der Waals surface area contributed by atoms with Gasteiger partial charge in [0.25, 0.3) is 0 Å². The van der Waals surface area contributed by atoms with E-state index in [0.29, 0.717) is 24.9 Å². The molecule has 4 aromatic rings. The minimum Gasteiger partial charge on any atom is -0.508 e. The van der Waals surface area contributed by atoms with Crippen LogP contribution in [-0.4, -0.2) is 56.9 Å². The molecule has 0 atom stereocenters. The van der Waals surface area contributed by atoms with Crippen molar-refractivity contribution < 1.29 is 19.7 Å². The van der Waals surface area contributed by atoms with Crippen LogP contribution in [0.4, 0.5) is 0 Å². The Morgan fingerprint density at radius 1 is 0.640 bits per heavy atom. The highest BCUT2D eigenvalue weighted by Gasteiger charge is 2.38. The maximum atomic E-state index is 9.50. The molecule has 1 saturated carbocycles. The maximum Gasteiger partial charge on any atom is 0.132 e. The van der Waals surface area contributed by atoms with Crippen LogP contribution in [-0.2, 0) is 13.1 Å². The summed E-state index contributed by atoms with van der Waals surface area (Å²) in [4.78, 5) is 18.2. The monoisotopic (exact) mass is 677 g/mol. The second kappa shape index (κ2) is 14.6. The lowest BCUT2D eigenvalue weighted by Gasteiger charge is -2.41. The summed E-state index contributed by atoms with van der Waals surface area (Å²) in [6.45, 7) is 11.8. The highest BCUT2D eigenvalue weighted by Crippen LogP contribution is 2.41. The molecule has 8 rings (SSSR count). The van der Waals surface area contributed by atoms with Gasteiger partial charge in [-0.15, -0.1) is 0 Å². The van der Waals surface area contributed by atoms with Gasteiger partial charge in [0, 0.05) is 54.7 Å². The number of phenols is 2. The molecular formula is C41H51N5O4.